The van der Waals surface area contributed by atoms with E-state index in [0.717, 1.165) is 24.3 Å². The Kier molecular flexibility index (Phi) is 3.05. The number of nitrogens with one attached hydrogen (secondary N) is 1. The van der Waals surface area contributed by atoms with Gasteiger partial charge in [0, 0.05) is 13.0 Å². The average molecular weight is 235 g/mol. The lowest BCUT2D eigenvalue weighted by Gasteiger charge is -2.19. The molecule has 1 aromatic carbocycles. The van der Waals surface area contributed by atoms with Crippen molar-refractivity contribution in [3.05, 3.63) is 24.3 Å². The van der Waals surface area contributed by atoms with Crippen LogP contribution in [0.25, 0.3) is 0 Å². The molecule has 2 rings (SSSR count). The van der Waals surface area contributed by atoms with Gasteiger partial charge in [-0.3, -0.25) is 4.79 Å². The maximum absolute atomic E-state index is 11.6. The van der Waals surface area contributed by atoms with E-state index in [2.05, 4.69) is 5.32 Å². The first kappa shape index (κ1) is 10.9. The smallest absolute Gasteiger partial charge is 0.227 e. The van der Waals surface area contributed by atoms with Gasteiger partial charge in [0.25, 0.3) is 0 Å². The highest BCUT2D eigenvalue weighted by atomic mass is 32.1. The number of para-hydroxylation sites is 2. The van der Waals surface area contributed by atoms with Crippen molar-refractivity contribution in [2.45, 2.75) is 12.8 Å². The first-order chi connectivity index (χ1) is 7.68. The zero-order chi connectivity index (χ0) is 11.5. The van der Waals surface area contributed by atoms with Gasteiger partial charge < -0.3 is 16.0 Å². The SMILES string of the molecule is NC(=S)Nc1ccccc1N1CCCC1=O. The minimum atomic E-state index is 0.150. The summed E-state index contributed by atoms with van der Waals surface area (Å²) in [4.78, 5) is 13.4. The number of rotatable bonds is 2. The Morgan fingerprint density at radius 2 is 2.19 bits per heavy atom. The second-order valence-electron chi connectivity index (χ2n) is 3.66. The fraction of sp³-hybridized carbons (Fsp3) is 0.273. The average Bonchev–Trinajstić information content (AvgIpc) is 2.64. The van der Waals surface area contributed by atoms with E-state index >= 15 is 0 Å². The van der Waals surface area contributed by atoms with E-state index in [4.69, 9.17) is 18.0 Å². The number of hydrogen-bond acceptors (Lipinski definition) is 2. The number of amides is 1. The molecule has 1 fully saturated rings. The fourth-order valence-corrected chi connectivity index (χ4v) is 1.96. The van der Waals surface area contributed by atoms with Gasteiger partial charge in [0.05, 0.1) is 11.4 Å². The van der Waals surface area contributed by atoms with Gasteiger partial charge in [-0.05, 0) is 30.8 Å². The molecule has 0 bridgehead atoms. The van der Waals surface area contributed by atoms with Crippen molar-refractivity contribution in [2.75, 3.05) is 16.8 Å². The lowest BCUT2D eigenvalue weighted by atomic mass is 10.2. The maximum atomic E-state index is 11.6. The number of hydrogen-bond donors (Lipinski definition) is 2. The Morgan fingerprint density at radius 3 is 2.81 bits per heavy atom. The number of nitrogens with two attached hydrogens (primary N) is 1. The molecular weight excluding hydrogens is 222 g/mol. The van der Waals surface area contributed by atoms with Gasteiger partial charge in [-0.25, -0.2) is 0 Å². The summed E-state index contributed by atoms with van der Waals surface area (Å²) < 4.78 is 0. The molecule has 0 aliphatic carbocycles. The van der Waals surface area contributed by atoms with Gasteiger partial charge >= 0.3 is 0 Å². The van der Waals surface area contributed by atoms with Crippen LogP contribution in [0, 0.1) is 0 Å². The third-order valence-electron chi connectivity index (χ3n) is 2.53. The lowest BCUT2D eigenvalue weighted by Crippen LogP contribution is -2.26. The molecule has 1 aliphatic rings. The molecule has 0 aromatic heterocycles. The summed E-state index contributed by atoms with van der Waals surface area (Å²) in [5, 5.41) is 3.09. The molecule has 1 saturated heterocycles. The molecule has 84 valence electrons. The normalized spacial score (nSPS) is 15.2. The van der Waals surface area contributed by atoms with Crippen LogP contribution in [0.2, 0.25) is 0 Å². The van der Waals surface area contributed by atoms with E-state index in [9.17, 15) is 4.79 Å². The second kappa shape index (κ2) is 4.49. The van der Waals surface area contributed by atoms with Gasteiger partial charge in [0.1, 0.15) is 0 Å². The molecule has 4 nitrogen and oxygen atoms in total. The molecule has 1 heterocycles. The topological polar surface area (TPSA) is 58.4 Å². The molecule has 1 aromatic rings. The second-order valence-corrected chi connectivity index (χ2v) is 4.10. The number of carbonyl (C=O) groups excluding carboxylic acids is 1. The molecule has 0 saturated carbocycles. The minimum absolute atomic E-state index is 0.150. The summed E-state index contributed by atoms with van der Waals surface area (Å²) in [6.07, 6.45) is 1.52. The van der Waals surface area contributed by atoms with Crippen molar-refractivity contribution >= 4 is 34.6 Å². The van der Waals surface area contributed by atoms with Crippen molar-refractivity contribution in [3.8, 4) is 0 Å². The maximum Gasteiger partial charge on any atom is 0.227 e. The van der Waals surface area contributed by atoms with Crippen molar-refractivity contribution < 1.29 is 4.79 Å². The first-order valence-electron chi connectivity index (χ1n) is 5.14. The zero-order valence-corrected chi connectivity index (χ0v) is 9.59. The van der Waals surface area contributed by atoms with Crippen LogP contribution in [0.4, 0.5) is 11.4 Å². The first-order valence-corrected chi connectivity index (χ1v) is 5.55. The molecule has 0 radical (unpaired) electrons. The Hall–Kier alpha value is -1.62. The van der Waals surface area contributed by atoms with Crippen LogP contribution in [0.1, 0.15) is 12.8 Å². The van der Waals surface area contributed by atoms with Gasteiger partial charge in [-0.15, -0.1) is 0 Å². The largest absolute Gasteiger partial charge is 0.376 e. The monoisotopic (exact) mass is 235 g/mol. The lowest BCUT2D eigenvalue weighted by molar-refractivity contribution is -0.117. The molecule has 5 heteroatoms. The highest BCUT2D eigenvalue weighted by molar-refractivity contribution is 7.80. The van der Waals surface area contributed by atoms with Crippen LogP contribution < -0.4 is 16.0 Å². The van der Waals surface area contributed by atoms with Gasteiger partial charge in [-0.1, -0.05) is 12.1 Å². The molecule has 1 aliphatic heterocycles. The van der Waals surface area contributed by atoms with Gasteiger partial charge in [0.15, 0.2) is 5.11 Å². The third-order valence-corrected chi connectivity index (χ3v) is 2.63. The molecule has 3 N–H and O–H groups in total. The molecule has 0 atom stereocenters. The van der Waals surface area contributed by atoms with Crippen LogP contribution in [-0.4, -0.2) is 17.6 Å². The van der Waals surface area contributed by atoms with Crippen LogP contribution in [0.5, 0.6) is 0 Å². The third kappa shape index (κ3) is 2.14. The number of anilines is 2. The zero-order valence-electron chi connectivity index (χ0n) is 8.77. The highest BCUT2D eigenvalue weighted by Gasteiger charge is 2.23. The van der Waals surface area contributed by atoms with E-state index in [1.807, 2.05) is 24.3 Å². The number of benzene rings is 1. The highest BCUT2D eigenvalue weighted by Crippen LogP contribution is 2.28. The molecule has 0 spiro atoms. The minimum Gasteiger partial charge on any atom is -0.376 e. The molecule has 16 heavy (non-hydrogen) atoms. The van der Waals surface area contributed by atoms with E-state index in [1.54, 1.807) is 4.90 Å². The van der Waals surface area contributed by atoms with E-state index in [1.165, 1.54) is 0 Å². The predicted octanol–water partition coefficient (Wildman–Crippen LogP) is 1.47. The number of thiocarbonyl (C=S) groups is 1. The molecule has 1 amide bonds. The van der Waals surface area contributed by atoms with Crippen molar-refractivity contribution in [1.29, 1.82) is 0 Å². The summed E-state index contributed by atoms with van der Waals surface area (Å²) in [7, 11) is 0. The fourth-order valence-electron chi connectivity index (χ4n) is 1.85. The van der Waals surface area contributed by atoms with Crippen LogP contribution >= 0.6 is 12.2 Å². The summed E-state index contributed by atoms with van der Waals surface area (Å²) >= 11 is 4.80. The summed E-state index contributed by atoms with van der Waals surface area (Å²) in [5.41, 5.74) is 7.07. The van der Waals surface area contributed by atoms with E-state index in [-0.39, 0.29) is 11.0 Å². The molecular formula is C11H13N3OS. The van der Waals surface area contributed by atoms with Crippen LogP contribution in [0.15, 0.2) is 24.3 Å². The predicted molar refractivity (Wildman–Crippen MR) is 68.4 cm³/mol. The van der Waals surface area contributed by atoms with E-state index in [0.29, 0.717) is 6.42 Å². The van der Waals surface area contributed by atoms with Gasteiger partial charge in [0.2, 0.25) is 5.91 Å². The summed E-state index contributed by atoms with van der Waals surface area (Å²) in [6, 6.07) is 7.53. The Balaban J connectivity index is 2.32. The quantitative estimate of drug-likeness (QED) is 0.762. The van der Waals surface area contributed by atoms with Crippen molar-refractivity contribution in [3.63, 3.8) is 0 Å². The van der Waals surface area contributed by atoms with Gasteiger partial charge in [-0.2, -0.15) is 0 Å². The van der Waals surface area contributed by atoms with E-state index < -0.39 is 0 Å². The number of carbonyl (C=O) groups is 1. The summed E-state index contributed by atoms with van der Waals surface area (Å²) in [6.45, 7) is 0.759. The molecule has 0 unspecified atom stereocenters. The van der Waals surface area contributed by atoms with Crippen LogP contribution in [-0.2, 0) is 4.79 Å². The van der Waals surface area contributed by atoms with Crippen molar-refractivity contribution in [1.82, 2.24) is 0 Å². The number of nitrogens with zero attached hydrogens (tertiary/aromatic N) is 1. The van der Waals surface area contributed by atoms with Crippen LogP contribution in [0.3, 0.4) is 0 Å². The van der Waals surface area contributed by atoms with Crippen molar-refractivity contribution in [2.24, 2.45) is 5.73 Å². The Bertz CT molecular complexity index is 433. The standard InChI is InChI=1S/C11H13N3OS/c12-11(16)13-8-4-1-2-5-9(8)14-7-3-6-10(14)15/h1-2,4-5H,3,6-7H2,(H3,12,13,16). The Morgan fingerprint density at radius 1 is 1.44 bits per heavy atom. The summed E-state index contributed by atoms with van der Waals surface area (Å²) in [5.74, 6) is 0.150. The Labute approximate surface area is 99.4 Å².